The molecule has 148 valence electrons. The Balaban J connectivity index is 1.57. The normalized spacial score (nSPS) is 14.6. The summed E-state index contributed by atoms with van der Waals surface area (Å²) in [5, 5.41) is 2.84. The van der Waals surface area contributed by atoms with Gasteiger partial charge < -0.3 is 20.0 Å². The van der Waals surface area contributed by atoms with E-state index in [1.165, 1.54) is 18.8 Å². The van der Waals surface area contributed by atoms with Crippen molar-refractivity contribution < 1.29 is 9.59 Å². The van der Waals surface area contributed by atoms with Crippen molar-refractivity contribution >= 4 is 23.2 Å². The van der Waals surface area contributed by atoms with Crippen molar-refractivity contribution in [2.45, 2.75) is 6.92 Å². The molecule has 1 aromatic heterocycles. The van der Waals surface area contributed by atoms with Crippen LogP contribution in [0.15, 0.2) is 48.8 Å². The first-order valence-electron chi connectivity index (χ1n) is 9.54. The molecule has 7 heteroatoms. The number of likely N-dealkylation sites (N-methyl/N-ethyl adjacent to an activating group) is 1. The highest BCUT2D eigenvalue weighted by Crippen LogP contribution is 2.22. The van der Waals surface area contributed by atoms with Gasteiger partial charge in [-0.05, 0) is 43.4 Å². The minimum Gasteiger partial charge on any atom is -0.369 e. The second-order valence-corrected chi connectivity index (χ2v) is 6.97. The van der Waals surface area contributed by atoms with Crippen molar-refractivity contribution in [3.05, 3.63) is 54.4 Å². The monoisotopic (exact) mass is 381 g/mol. The zero-order valence-corrected chi connectivity index (χ0v) is 16.5. The molecule has 7 nitrogen and oxygen atoms in total. The first-order chi connectivity index (χ1) is 13.5. The number of hydrogen-bond donors (Lipinski definition) is 1. The second kappa shape index (κ2) is 9.32. The van der Waals surface area contributed by atoms with Crippen molar-refractivity contribution in [2.75, 3.05) is 56.1 Å². The molecule has 0 unspecified atom stereocenters. The molecular formula is C21H27N5O2. The summed E-state index contributed by atoms with van der Waals surface area (Å²) in [5.74, 6) is -0.245. The van der Waals surface area contributed by atoms with E-state index in [0.717, 1.165) is 31.9 Å². The van der Waals surface area contributed by atoms with Crippen molar-refractivity contribution in [1.82, 2.24) is 15.2 Å². The molecule has 1 aliphatic rings. The summed E-state index contributed by atoms with van der Waals surface area (Å²) >= 11 is 0. The van der Waals surface area contributed by atoms with Gasteiger partial charge in [0.2, 0.25) is 5.91 Å². The standard InChI is InChI=1S/C21H27N5O2/c1-17(27)26(11-10-23-21(28)18-4-3-9-22-16-18)20-7-5-19(6-8-20)25-14-12-24(2)13-15-25/h3-9,16H,10-15H2,1-2H3,(H,23,28). The van der Waals surface area contributed by atoms with E-state index < -0.39 is 0 Å². The van der Waals surface area contributed by atoms with Gasteiger partial charge in [-0.3, -0.25) is 14.6 Å². The number of carbonyl (C=O) groups is 2. The lowest BCUT2D eigenvalue weighted by Crippen LogP contribution is -2.44. The zero-order chi connectivity index (χ0) is 19.9. The summed E-state index contributed by atoms with van der Waals surface area (Å²) in [7, 11) is 2.14. The SMILES string of the molecule is CC(=O)N(CCNC(=O)c1cccnc1)c1ccc(N2CCN(C)CC2)cc1. The minimum atomic E-state index is -0.193. The summed E-state index contributed by atoms with van der Waals surface area (Å²) in [4.78, 5) is 34.5. The van der Waals surface area contributed by atoms with Crippen LogP contribution in [-0.4, -0.2) is 68.0 Å². The number of pyridine rings is 1. The number of benzene rings is 1. The number of nitrogens with one attached hydrogen (secondary N) is 1. The number of carbonyl (C=O) groups excluding carboxylic acids is 2. The van der Waals surface area contributed by atoms with Crippen LogP contribution in [0.25, 0.3) is 0 Å². The number of hydrogen-bond acceptors (Lipinski definition) is 5. The van der Waals surface area contributed by atoms with Gasteiger partial charge in [0.25, 0.3) is 5.91 Å². The molecule has 0 atom stereocenters. The van der Waals surface area contributed by atoms with Crippen LogP contribution in [0.2, 0.25) is 0 Å². The third-order valence-corrected chi connectivity index (χ3v) is 4.95. The van der Waals surface area contributed by atoms with Gasteiger partial charge in [0.1, 0.15) is 0 Å². The maximum Gasteiger partial charge on any atom is 0.252 e. The molecule has 0 spiro atoms. The van der Waals surface area contributed by atoms with E-state index in [4.69, 9.17) is 0 Å². The number of nitrogens with zero attached hydrogens (tertiary/aromatic N) is 4. The summed E-state index contributed by atoms with van der Waals surface area (Å²) in [6.45, 7) is 6.44. The maximum atomic E-state index is 12.1. The zero-order valence-electron chi connectivity index (χ0n) is 16.5. The van der Waals surface area contributed by atoms with Gasteiger partial charge in [0, 0.05) is 70.0 Å². The molecule has 2 aromatic rings. The average molecular weight is 381 g/mol. The van der Waals surface area contributed by atoms with Gasteiger partial charge in [-0.25, -0.2) is 0 Å². The Kier molecular flexibility index (Phi) is 6.60. The highest BCUT2D eigenvalue weighted by Gasteiger charge is 2.16. The van der Waals surface area contributed by atoms with Crippen molar-refractivity contribution in [2.24, 2.45) is 0 Å². The van der Waals surface area contributed by atoms with Gasteiger partial charge in [0.15, 0.2) is 0 Å². The first kappa shape index (κ1) is 19.8. The van der Waals surface area contributed by atoms with Crippen LogP contribution < -0.4 is 15.1 Å². The number of rotatable bonds is 6. The smallest absolute Gasteiger partial charge is 0.252 e. The Morgan fingerprint density at radius 2 is 1.82 bits per heavy atom. The van der Waals surface area contributed by atoms with Crippen LogP contribution in [0.4, 0.5) is 11.4 Å². The Bertz CT molecular complexity index is 786. The largest absolute Gasteiger partial charge is 0.369 e. The van der Waals surface area contributed by atoms with Crippen LogP contribution in [0.3, 0.4) is 0 Å². The summed E-state index contributed by atoms with van der Waals surface area (Å²) < 4.78 is 0. The first-order valence-corrected chi connectivity index (χ1v) is 9.54. The third kappa shape index (κ3) is 5.07. The van der Waals surface area contributed by atoms with Crippen LogP contribution in [-0.2, 0) is 4.79 Å². The van der Waals surface area contributed by atoms with Gasteiger partial charge in [-0.2, -0.15) is 0 Å². The molecule has 1 aromatic carbocycles. The Hall–Kier alpha value is -2.93. The van der Waals surface area contributed by atoms with Crippen molar-refractivity contribution in [3.8, 4) is 0 Å². The average Bonchev–Trinajstić information content (AvgIpc) is 2.72. The quantitative estimate of drug-likeness (QED) is 0.824. The predicted octanol–water partition coefficient (Wildman–Crippen LogP) is 1.62. The number of piperazine rings is 1. The fourth-order valence-electron chi connectivity index (χ4n) is 3.26. The molecule has 0 radical (unpaired) electrons. The molecule has 28 heavy (non-hydrogen) atoms. The predicted molar refractivity (Wildman–Crippen MR) is 111 cm³/mol. The van der Waals surface area contributed by atoms with E-state index in [2.05, 4.69) is 39.3 Å². The molecule has 1 saturated heterocycles. The van der Waals surface area contributed by atoms with Gasteiger partial charge in [-0.15, -0.1) is 0 Å². The second-order valence-electron chi connectivity index (χ2n) is 6.97. The van der Waals surface area contributed by atoms with E-state index in [9.17, 15) is 9.59 Å². The topological polar surface area (TPSA) is 68.8 Å². The van der Waals surface area contributed by atoms with E-state index in [-0.39, 0.29) is 11.8 Å². The molecule has 0 saturated carbocycles. The van der Waals surface area contributed by atoms with Crippen LogP contribution in [0.1, 0.15) is 17.3 Å². The van der Waals surface area contributed by atoms with Gasteiger partial charge >= 0.3 is 0 Å². The third-order valence-electron chi connectivity index (χ3n) is 4.95. The maximum absolute atomic E-state index is 12.1. The van der Waals surface area contributed by atoms with E-state index >= 15 is 0 Å². The summed E-state index contributed by atoms with van der Waals surface area (Å²) in [5.41, 5.74) is 2.51. The van der Waals surface area contributed by atoms with Crippen molar-refractivity contribution in [1.29, 1.82) is 0 Å². The van der Waals surface area contributed by atoms with Crippen molar-refractivity contribution in [3.63, 3.8) is 0 Å². The highest BCUT2D eigenvalue weighted by molar-refractivity contribution is 5.94. The fraction of sp³-hybridized carbons (Fsp3) is 0.381. The Morgan fingerprint density at radius 1 is 1.11 bits per heavy atom. The molecule has 3 rings (SSSR count). The number of amides is 2. The van der Waals surface area contributed by atoms with Gasteiger partial charge in [-0.1, -0.05) is 0 Å². The molecular weight excluding hydrogens is 354 g/mol. The lowest BCUT2D eigenvalue weighted by atomic mass is 10.2. The van der Waals surface area contributed by atoms with E-state index in [1.54, 1.807) is 23.2 Å². The molecule has 0 bridgehead atoms. The molecule has 2 heterocycles. The fourth-order valence-corrected chi connectivity index (χ4v) is 3.26. The Labute approximate surface area is 166 Å². The molecule has 1 fully saturated rings. The summed E-state index contributed by atoms with van der Waals surface area (Å²) in [6, 6.07) is 11.5. The van der Waals surface area contributed by atoms with Crippen LogP contribution in [0, 0.1) is 0 Å². The molecule has 1 N–H and O–H groups in total. The van der Waals surface area contributed by atoms with E-state index in [0.29, 0.717) is 18.7 Å². The number of anilines is 2. The number of aromatic nitrogens is 1. The summed E-state index contributed by atoms with van der Waals surface area (Å²) in [6.07, 6.45) is 3.15. The van der Waals surface area contributed by atoms with Crippen LogP contribution in [0.5, 0.6) is 0 Å². The highest BCUT2D eigenvalue weighted by atomic mass is 16.2. The molecule has 0 aliphatic carbocycles. The van der Waals surface area contributed by atoms with E-state index in [1.807, 2.05) is 12.1 Å². The Morgan fingerprint density at radius 3 is 2.43 bits per heavy atom. The minimum absolute atomic E-state index is 0.0528. The van der Waals surface area contributed by atoms with Crippen LogP contribution >= 0.6 is 0 Å². The molecule has 1 aliphatic heterocycles. The lowest BCUT2D eigenvalue weighted by Gasteiger charge is -2.34. The molecule has 2 amide bonds. The van der Waals surface area contributed by atoms with Gasteiger partial charge in [0.05, 0.1) is 5.56 Å². The lowest BCUT2D eigenvalue weighted by molar-refractivity contribution is -0.116.